The lowest BCUT2D eigenvalue weighted by molar-refractivity contribution is -0.694. The maximum Gasteiger partial charge on any atom is 0.599 e. The van der Waals surface area contributed by atoms with Gasteiger partial charge in [-0.05, 0) is 88.2 Å². The molecule has 4 aromatic carbocycles. The summed E-state index contributed by atoms with van der Waals surface area (Å²) in [5, 5.41) is 33.2. The predicted molar refractivity (Wildman–Crippen MR) is 219 cm³/mol. The Morgan fingerprint density at radius 1 is 0.772 bits per heavy atom. The Labute approximate surface area is 331 Å². The third-order valence-electron chi connectivity index (χ3n) is 10.9. The number of aliphatic hydroxyl groups is 1. The lowest BCUT2D eigenvalue weighted by atomic mass is 9.95. The molecule has 1 amide bonds. The Morgan fingerprint density at radius 3 is 2.02 bits per heavy atom. The van der Waals surface area contributed by atoms with Gasteiger partial charge in [-0.25, -0.2) is 4.57 Å². The highest BCUT2D eigenvalue weighted by Crippen LogP contribution is 2.52. The average molecular weight is 752 g/mol. The van der Waals surface area contributed by atoms with Crippen LogP contribution in [0.5, 0.6) is 0 Å². The molecule has 2 atom stereocenters. The average Bonchev–Trinajstić information content (AvgIpc) is 3.85. The van der Waals surface area contributed by atoms with Gasteiger partial charge in [-0.1, -0.05) is 83.8 Å². The highest BCUT2D eigenvalue weighted by Gasteiger charge is 2.42. The van der Waals surface area contributed by atoms with Gasteiger partial charge in [0.25, 0.3) is 5.91 Å². The Hall–Kier alpha value is -7.31. The smallest absolute Gasteiger partial charge is 0.506 e. The summed E-state index contributed by atoms with van der Waals surface area (Å²) in [6.07, 6.45) is 11.1. The van der Waals surface area contributed by atoms with Gasteiger partial charge in [-0.2, -0.15) is 10.1 Å². The van der Waals surface area contributed by atoms with Gasteiger partial charge in [0.05, 0.1) is 6.54 Å². The predicted octanol–water partition coefficient (Wildman–Crippen LogP) is 8.44. The third-order valence-corrected chi connectivity index (χ3v) is 10.9. The van der Waals surface area contributed by atoms with E-state index >= 15 is 0 Å². The van der Waals surface area contributed by atoms with Gasteiger partial charge >= 0.3 is 6.09 Å². The van der Waals surface area contributed by atoms with Gasteiger partial charge in [0.15, 0.2) is 36.9 Å². The largest absolute Gasteiger partial charge is 0.599 e. The number of benzene rings is 4. The second-order valence-electron chi connectivity index (χ2n) is 14.3. The molecular weight excluding hydrogens is 711 g/mol. The minimum absolute atomic E-state index is 0.239. The summed E-state index contributed by atoms with van der Waals surface area (Å²) in [5.74, 6) is -0.694. The first kappa shape index (κ1) is 36.7. The molecule has 57 heavy (non-hydrogen) atoms. The van der Waals surface area contributed by atoms with Crippen LogP contribution in [0.3, 0.4) is 0 Å². The first-order valence-electron chi connectivity index (χ1n) is 19.1. The standard InChI is InChI=1S/C48H39N5O4/c49-32-43(47(55)50-24-29-51-25-20-34(21-26-51)35-22-27-52(28-23-35)48(56)57)46(54)38-16-19-45-42(31-38)40-12-7-13-44(40)53(45)39-17-14-33(15-18-39)30-41(36-8-3-1-4-9-36)37-10-5-2-6-11-37/h1-6,8-11,14-23,25-28,30-31,40,44H,7,12-13,24,29H2,(H-2,50,54,55,56,57)/p+2. The van der Waals surface area contributed by atoms with E-state index in [2.05, 4.69) is 89.1 Å². The van der Waals surface area contributed by atoms with Crippen molar-refractivity contribution in [3.05, 3.63) is 186 Å². The molecule has 280 valence electrons. The highest BCUT2D eigenvalue weighted by atomic mass is 16.4. The molecule has 1 saturated carbocycles. The van der Waals surface area contributed by atoms with Crippen LogP contribution in [0.4, 0.5) is 16.2 Å². The summed E-state index contributed by atoms with van der Waals surface area (Å²) in [5.41, 5.74) is 9.79. The molecule has 2 aliphatic rings. The van der Waals surface area contributed by atoms with E-state index in [9.17, 15) is 20.0 Å². The van der Waals surface area contributed by atoms with Crippen LogP contribution in [-0.4, -0.2) is 34.8 Å². The third kappa shape index (κ3) is 7.66. The van der Waals surface area contributed by atoms with Crippen LogP contribution in [-0.2, 0) is 11.3 Å². The number of carbonyl (C=O) groups excluding carboxylic acids is 1. The van der Waals surface area contributed by atoms with Crippen LogP contribution in [0.1, 0.15) is 53.0 Å². The van der Waals surface area contributed by atoms with Crippen LogP contribution in [0.15, 0.2) is 158 Å². The minimum atomic E-state index is -1.05. The molecule has 0 radical (unpaired) electrons. The summed E-state index contributed by atoms with van der Waals surface area (Å²) >= 11 is 0. The van der Waals surface area contributed by atoms with E-state index in [4.69, 9.17) is 5.11 Å². The molecule has 1 aliphatic carbocycles. The molecule has 8 rings (SSSR count). The summed E-state index contributed by atoms with van der Waals surface area (Å²) in [4.78, 5) is 26.7. The van der Waals surface area contributed by atoms with Crippen LogP contribution in [0.25, 0.3) is 28.5 Å². The van der Waals surface area contributed by atoms with E-state index in [1.165, 1.54) is 12.4 Å². The number of amides is 1. The van der Waals surface area contributed by atoms with Crippen molar-refractivity contribution in [2.75, 3.05) is 11.4 Å². The lowest BCUT2D eigenvalue weighted by Crippen LogP contribution is -2.40. The molecule has 6 aromatic rings. The Balaban J connectivity index is 0.970. The molecule has 3 N–H and O–H groups in total. The van der Waals surface area contributed by atoms with Crippen molar-refractivity contribution in [1.29, 1.82) is 5.26 Å². The normalized spacial score (nSPS) is 15.8. The van der Waals surface area contributed by atoms with Crippen molar-refractivity contribution in [2.45, 2.75) is 37.8 Å². The first-order valence-corrected chi connectivity index (χ1v) is 19.1. The molecule has 2 aromatic heterocycles. The second-order valence-corrected chi connectivity index (χ2v) is 14.3. The van der Waals surface area contributed by atoms with E-state index in [0.29, 0.717) is 12.1 Å². The molecule has 9 nitrogen and oxygen atoms in total. The van der Waals surface area contributed by atoms with E-state index < -0.39 is 12.0 Å². The summed E-state index contributed by atoms with van der Waals surface area (Å²) < 4.78 is 2.97. The SMILES string of the molecule is N#CC(C(=O)NCC[n+]1ccc(-c2cc[n+](C(=O)O)cc2)cc1)=C(O)c1ccc2c(c1)C1CCCC1N2c1ccc(C=C(c2ccccc2)c2ccccc2)cc1. The number of pyridine rings is 2. The van der Waals surface area contributed by atoms with Gasteiger partial charge in [0, 0.05) is 53.2 Å². The highest BCUT2D eigenvalue weighted by molar-refractivity contribution is 6.03. The second kappa shape index (κ2) is 16.2. The molecule has 9 heteroatoms. The van der Waals surface area contributed by atoms with Crippen LogP contribution in [0, 0.1) is 11.3 Å². The van der Waals surface area contributed by atoms with Crippen LogP contribution >= 0.6 is 0 Å². The zero-order chi connectivity index (χ0) is 39.3. The fourth-order valence-corrected chi connectivity index (χ4v) is 8.09. The topological polar surface area (TPSA) is 121 Å². The number of carboxylic acid groups (broad SMARTS) is 1. The summed E-state index contributed by atoms with van der Waals surface area (Å²) in [7, 11) is 0. The minimum Gasteiger partial charge on any atom is -0.506 e. The number of nitrogens with one attached hydrogen (secondary N) is 1. The molecule has 1 aliphatic heterocycles. The van der Waals surface area contributed by atoms with Gasteiger partial charge < -0.3 is 20.4 Å². The number of nitriles is 1. The number of carbonyl (C=O) groups is 2. The van der Waals surface area contributed by atoms with Crippen molar-refractivity contribution in [3.63, 3.8) is 0 Å². The maximum absolute atomic E-state index is 13.2. The van der Waals surface area contributed by atoms with Crippen LogP contribution < -0.4 is 19.4 Å². The zero-order valence-corrected chi connectivity index (χ0v) is 31.2. The van der Waals surface area contributed by atoms with Crippen molar-refractivity contribution < 1.29 is 28.9 Å². The molecule has 0 saturated heterocycles. The van der Waals surface area contributed by atoms with Crippen molar-refractivity contribution in [2.24, 2.45) is 0 Å². The number of aliphatic hydroxyl groups excluding tert-OH is 1. The Kier molecular flexibility index (Phi) is 10.4. The van der Waals surface area contributed by atoms with Crippen molar-refractivity contribution >= 4 is 40.8 Å². The maximum atomic E-state index is 13.2. The van der Waals surface area contributed by atoms with E-state index in [0.717, 1.165) is 74.2 Å². The Bertz CT molecular complexity index is 2480. The number of fused-ring (bicyclic) bond motifs is 3. The molecule has 3 heterocycles. The van der Waals surface area contributed by atoms with Crippen molar-refractivity contribution in [1.82, 2.24) is 5.32 Å². The van der Waals surface area contributed by atoms with Gasteiger partial charge in [0.2, 0.25) is 0 Å². The Morgan fingerprint density at radius 2 is 1.40 bits per heavy atom. The molecule has 0 spiro atoms. The summed E-state index contributed by atoms with van der Waals surface area (Å²) in [6, 6.07) is 44.8. The van der Waals surface area contributed by atoms with Gasteiger partial charge in [0.1, 0.15) is 11.8 Å². The number of nitrogens with zero attached hydrogens (tertiary/aromatic N) is 4. The van der Waals surface area contributed by atoms with Gasteiger partial charge in [-0.15, -0.1) is 0 Å². The fourth-order valence-electron chi connectivity index (χ4n) is 8.09. The van der Waals surface area contributed by atoms with Gasteiger partial charge in [-0.3, -0.25) is 4.79 Å². The van der Waals surface area contributed by atoms with E-state index in [1.54, 1.807) is 18.2 Å². The quantitative estimate of drug-likeness (QED) is 0.0425. The number of anilines is 2. The van der Waals surface area contributed by atoms with Crippen LogP contribution in [0.2, 0.25) is 0 Å². The zero-order valence-electron chi connectivity index (χ0n) is 31.2. The number of hydrogen-bond donors (Lipinski definition) is 3. The number of aromatic nitrogens is 2. The molecule has 2 unspecified atom stereocenters. The molecular formula is C48H41N5O4+2. The monoisotopic (exact) mass is 751 g/mol. The number of rotatable bonds is 10. The first-order chi connectivity index (χ1) is 27.9. The van der Waals surface area contributed by atoms with E-state index in [1.807, 2.05) is 59.4 Å². The van der Waals surface area contributed by atoms with Crippen molar-refractivity contribution in [3.8, 4) is 17.2 Å². The fraction of sp³-hybridized carbons (Fsp3) is 0.146. The number of hydrogen-bond acceptors (Lipinski definition) is 5. The molecule has 0 bridgehead atoms. The lowest BCUT2D eigenvalue weighted by Gasteiger charge is -2.27. The van der Waals surface area contributed by atoms with E-state index in [-0.39, 0.29) is 29.8 Å². The summed E-state index contributed by atoms with van der Waals surface area (Å²) in [6.45, 7) is 0.679. The molecule has 1 fully saturated rings.